The lowest BCUT2D eigenvalue weighted by molar-refractivity contribution is 0.914. The van der Waals surface area contributed by atoms with Crippen LogP contribution in [0.1, 0.15) is 16.8 Å². The topological polar surface area (TPSA) is 19.0 Å². The number of hydrogen-bond acceptors (Lipinski definition) is 1. The molecule has 0 fully saturated rings. The molecule has 2 heterocycles. The van der Waals surface area contributed by atoms with Gasteiger partial charge in [-0.3, -0.25) is 0 Å². The van der Waals surface area contributed by atoms with Gasteiger partial charge < -0.3 is 9.88 Å². The lowest BCUT2D eigenvalue weighted by Gasteiger charge is -2.35. The molecule has 10 rings (SSSR count). The number of nitrogens with zero attached hydrogens (tertiary/aromatic N) is 1. The maximum absolute atomic E-state index is 3.95. The van der Waals surface area contributed by atoms with Crippen LogP contribution in [-0.2, 0) is 12.8 Å². The van der Waals surface area contributed by atoms with Gasteiger partial charge >= 0.3 is 0 Å². The average molecular weight is 639 g/mol. The summed E-state index contributed by atoms with van der Waals surface area (Å²) in [7, 11) is 0.860. The van der Waals surface area contributed by atoms with E-state index in [1.807, 2.05) is 0 Å². The highest BCUT2D eigenvalue weighted by Crippen LogP contribution is 2.44. The van der Waals surface area contributed by atoms with E-state index in [-0.39, 0.29) is 0 Å². The van der Waals surface area contributed by atoms with E-state index in [1.54, 1.807) is 0 Å². The number of aryl methyl sites for hydroxylation is 3. The van der Waals surface area contributed by atoms with Crippen LogP contribution in [0.4, 0.5) is 17.1 Å². The van der Waals surface area contributed by atoms with Gasteiger partial charge in [-0.15, -0.1) is 0 Å². The summed E-state index contributed by atoms with van der Waals surface area (Å²) in [6.45, 7) is 2.24. The molecule has 0 atom stereocenters. The minimum atomic E-state index is 0.860. The Morgan fingerprint density at radius 1 is 0.540 bits per heavy atom. The maximum atomic E-state index is 3.95. The van der Waals surface area contributed by atoms with E-state index < -0.39 is 0 Å². The summed E-state index contributed by atoms with van der Waals surface area (Å²) in [4.78, 5) is 6.44. The number of para-hydroxylation sites is 1. The first-order valence-electron chi connectivity index (χ1n) is 17.7. The van der Waals surface area contributed by atoms with Gasteiger partial charge in [0.25, 0.3) is 0 Å². The van der Waals surface area contributed by atoms with E-state index in [1.165, 1.54) is 100 Å². The summed E-state index contributed by atoms with van der Waals surface area (Å²) in [6.07, 6.45) is 2.11. The number of benzene rings is 7. The molecule has 0 unspecified atom stereocenters. The lowest BCUT2D eigenvalue weighted by Crippen LogP contribution is -2.41. The second-order valence-corrected chi connectivity index (χ2v) is 13.8. The SMILES string of the molecule is Cc1cc(-c2cccc3c4c([nH]c23)CCc2ccccc2-4)c2c(c1)N(c1ccc(-c3ccccc3)cc1)c1ccc(-c3ccccc3)cc1B2. The first-order valence-corrected chi connectivity index (χ1v) is 17.7. The number of nitrogens with one attached hydrogen (secondary N) is 1. The summed E-state index contributed by atoms with van der Waals surface area (Å²) >= 11 is 0. The van der Waals surface area contributed by atoms with Gasteiger partial charge in [-0.25, -0.2) is 0 Å². The standard InChI is InChI=1S/C47H35BN2/c1-30-27-40(38-17-10-18-39-45-37-16-9-8-15-34(37)21-25-42(45)49-47(38)39)46-44(28-30)50(36-23-19-33(20-24-36)31-11-4-2-5-12-31)43-26-22-35(29-41(43)48-46)32-13-6-3-7-14-32/h2-20,22-24,26-29,48-49H,21,25H2,1H3. The molecule has 236 valence electrons. The van der Waals surface area contributed by atoms with Gasteiger partial charge in [-0.05, 0) is 94.0 Å². The van der Waals surface area contributed by atoms with Crippen molar-refractivity contribution in [1.29, 1.82) is 0 Å². The fourth-order valence-corrected chi connectivity index (χ4v) is 8.44. The Morgan fingerprint density at radius 3 is 2.02 bits per heavy atom. The van der Waals surface area contributed by atoms with Gasteiger partial charge in [-0.2, -0.15) is 0 Å². The van der Waals surface area contributed by atoms with Crippen LogP contribution in [0.2, 0.25) is 0 Å². The van der Waals surface area contributed by atoms with Crippen LogP contribution in [0.15, 0.2) is 158 Å². The highest BCUT2D eigenvalue weighted by molar-refractivity contribution is 6.73. The third kappa shape index (κ3) is 4.65. The number of H-pyrrole nitrogens is 1. The monoisotopic (exact) mass is 638 g/mol. The van der Waals surface area contributed by atoms with Crippen LogP contribution in [0, 0.1) is 6.92 Å². The predicted molar refractivity (Wildman–Crippen MR) is 213 cm³/mol. The minimum Gasteiger partial charge on any atom is -0.357 e. The minimum absolute atomic E-state index is 0.860. The van der Waals surface area contributed by atoms with Gasteiger partial charge in [0.2, 0.25) is 0 Å². The van der Waals surface area contributed by atoms with Crippen molar-refractivity contribution in [1.82, 2.24) is 4.98 Å². The molecule has 1 aromatic heterocycles. The molecule has 7 aromatic carbocycles. The Bertz CT molecular complexity index is 2560. The van der Waals surface area contributed by atoms with Crippen LogP contribution in [0.5, 0.6) is 0 Å². The smallest absolute Gasteiger partial charge is 0.198 e. The van der Waals surface area contributed by atoms with Gasteiger partial charge in [0.1, 0.15) is 0 Å². The molecule has 3 heteroatoms. The first-order chi connectivity index (χ1) is 24.7. The summed E-state index contributed by atoms with van der Waals surface area (Å²) in [5, 5.41) is 1.32. The van der Waals surface area contributed by atoms with Crippen LogP contribution in [0.3, 0.4) is 0 Å². The fourth-order valence-electron chi connectivity index (χ4n) is 8.44. The third-order valence-corrected chi connectivity index (χ3v) is 10.8. The molecule has 0 amide bonds. The molecule has 2 nitrogen and oxygen atoms in total. The Labute approximate surface area is 293 Å². The molecule has 50 heavy (non-hydrogen) atoms. The maximum Gasteiger partial charge on any atom is 0.198 e. The van der Waals surface area contributed by atoms with E-state index in [0.717, 1.165) is 20.1 Å². The summed E-state index contributed by atoms with van der Waals surface area (Å²) in [5.41, 5.74) is 21.9. The van der Waals surface area contributed by atoms with Crippen molar-refractivity contribution in [3.8, 4) is 44.5 Å². The molecule has 0 radical (unpaired) electrons. The Morgan fingerprint density at radius 2 is 1.22 bits per heavy atom. The Hall–Kier alpha value is -6.06. The van der Waals surface area contributed by atoms with E-state index in [9.17, 15) is 0 Å². The van der Waals surface area contributed by atoms with Crippen molar-refractivity contribution < 1.29 is 0 Å². The average Bonchev–Trinajstić information content (AvgIpc) is 3.57. The van der Waals surface area contributed by atoms with E-state index >= 15 is 0 Å². The third-order valence-electron chi connectivity index (χ3n) is 10.8. The number of aromatic amines is 1. The van der Waals surface area contributed by atoms with Gasteiger partial charge in [0, 0.05) is 39.3 Å². The molecular formula is C47H35BN2. The van der Waals surface area contributed by atoms with Crippen LogP contribution < -0.4 is 15.8 Å². The Kier molecular flexibility index (Phi) is 6.67. The zero-order chi connectivity index (χ0) is 33.2. The first kappa shape index (κ1) is 28.9. The second-order valence-electron chi connectivity index (χ2n) is 13.8. The van der Waals surface area contributed by atoms with E-state index in [4.69, 9.17) is 0 Å². The van der Waals surface area contributed by atoms with E-state index in [0.29, 0.717) is 0 Å². The molecule has 8 aromatic rings. The number of rotatable bonds is 4. The van der Waals surface area contributed by atoms with Crippen LogP contribution >= 0.6 is 0 Å². The largest absolute Gasteiger partial charge is 0.357 e. The number of aromatic nitrogens is 1. The van der Waals surface area contributed by atoms with Crippen molar-refractivity contribution in [3.05, 3.63) is 175 Å². The van der Waals surface area contributed by atoms with Crippen molar-refractivity contribution in [2.45, 2.75) is 19.8 Å². The normalized spacial score (nSPS) is 12.9. The molecule has 1 aliphatic heterocycles. The molecular weight excluding hydrogens is 603 g/mol. The number of fused-ring (bicyclic) bond motifs is 7. The molecule has 0 saturated carbocycles. The predicted octanol–water partition coefficient (Wildman–Crippen LogP) is 10.4. The van der Waals surface area contributed by atoms with Crippen LogP contribution in [0.25, 0.3) is 55.4 Å². The molecule has 2 aliphatic rings. The fraction of sp³-hybridized carbons (Fsp3) is 0.0638. The quantitative estimate of drug-likeness (QED) is 0.190. The number of hydrogen-bond donors (Lipinski definition) is 1. The molecule has 1 aliphatic carbocycles. The van der Waals surface area contributed by atoms with Crippen molar-refractivity contribution in [2.75, 3.05) is 4.90 Å². The zero-order valence-electron chi connectivity index (χ0n) is 28.1. The summed E-state index contributed by atoms with van der Waals surface area (Å²) in [5.74, 6) is 0. The highest BCUT2D eigenvalue weighted by Gasteiger charge is 2.29. The summed E-state index contributed by atoms with van der Waals surface area (Å²) in [6, 6.07) is 58.1. The Balaban J connectivity index is 1.18. The van der Waals surface area contributed by atoms with Crippen molar-refractivity contribution >= 4 is 46.2 Å². The van der Waals surface area contributed by atoms with Crippen molar-refractivity contribution in [2.24, 2.45) is 0 Å². The molecule has 0 spiro atoms. The van der Waals surface area contributed by atoms with Gasteiger partial charge in [-0.1, -0.05) is 139 Å². The van der Waals surface area contributed by atoms with Gasteiger partial charge in [0.15, 0.2) is 7.28 Å². The van der Waals surface area contributed by atoms with E-state index in [2.05, 4.69) is 175 Å². The number of anilines is 3. The van der Waals surface area contributed by atoms with Crippen LogP contribution in [-0.4, -0.2) is 12.3 Å². The lowest BCUT2D eigenvalue weighted by atomic mass is 9.57. The second kappa shape index (κ2) is 11.5. The molecule has 0 bridgehead atoms. The summed E-state index contributed by atoms with van der Waals surface area (Å²) < 4.78 is 0. The molecule has 1 N–H and O–H groups in total. The van der Waals surface area contributed by atoms with Crippen molar-refractivity contribution in [3.63, 3.8) is 0 Å². The molecule has 0 saturated heterocycles. The van der Waals surface area contributed by atoms with Gasteiger partial charge in [0.05, 0.1) is 5.52 Å². The highest BCUT2D eigenvalue weighted by atomic mass is 15.1. The zero-order valence-corrected chi connectivity index (χ0v) is 28.1.